The second-order valence-corrected chi connectivity index (χ2v) is 4.20. The number of halogens is 3. The van der Waals surface area contributed by atoms with E-state index >= 15 is 0 Å². The third kappa shape index (κ3) is 2.79. The van der Waals surface area contributed by atoms with Gasteiger partial charge in [0.05, 0.1) is 0 Å². The number of rotatable bonds is 3. The van der Waals surface area contributed by atoms with Crippen LogP contribution in [0.4, 0.5) is 13.2 Å². The first-order valence-corrected chi connectivity index (χ1v) is 4.92. The number of hydrogen-bond acceptors (Lipinski definition) is 2. The molecule has 0 aromatic heterocycles. The van der Waals surface area contributed by atoms with Gasteiger partial charge in [-0.1, -0.05) is 0 Å². The van der Waals surface area contributed by atoms with Crippen molar-refractivity contribution in [2.24, 2.45) is 5.73 Å². The Morgan fingerprint density at radius 3 is 2.00 bits per heavy atom. The number of primary amides is 1. The van der Waals surface area contributed by atoms with Gasteiger partial charge in [-0.3, -0.25) is 9.59 Å². The van der Waals surface area contributed by atoms with Crippen molar-refractivity contribution in [1.82, 2.24) is 5.32 Å². The molecule has 0 fully saturated rings. The van der Waals surface area contributed by atoms with Gasteiger partial charge >= 0.3 is 0 Å². The molecule has 4 nitrogen and oxygen atoms in total. The zero-order valence-corrected chi connectivity index (χ0v) is 9.68. The highest BCUT2D eigenvalue weighted by Gasteiger charge is 2.28. The lowest BCUT2D eigenvalue weighted by atomic mass is 10.0. The van der Waals surface area contributed by atoms with E-state index in [1.54, 1.807) is 0 Å². The summed E-state index contributed by atoms with van der Waals surface area (Å²) in [6, 6.07) is 1.07. The molecule has 18 heavy (non-hydrogen) atoms. The minimum absolute atomic E-state index is 0.444. The third-order valence-electron chi connectivity index (χ3n) is 2.29. The number of nitrogens with one attached hydrogen (secondary N) is 1. The van der Waals surface area contributed by atoms with E-state index in [0.717, 1.165) is 0 Å². The van der Waals surface area contributed by atoms with Crippen molar-refractivity contribution in [2.75, 3.05) is 0 Å². The molecule has 0 aliphatic heterocycles. The van der Waals surface area contributed by atoms with Crippen molar-refractivity contribution < 1.29 is 22.8 Å². The van der Waals surface area contributed by atoms with Gasteiger partial charge in [0.25, 0.3) is 5.91 Å². The van der Waals surface area contributed by atoms with Crippen LogP contribution in [0.3, 0.4) is 0 Å². The summed E-state index contributed by atoms with van der Waals surface area (Å²) in [6.07, 6.45) is 0. The molecule has 0 aliphatic rings. The lowest BCUT2D eigenvalue weighted by molar-refractivity contribution is -0.122. The number of hydrogen-bond donors (Lipinski definition) is 2. The zero-order valence-electron chi connectivity index (χ0n) is 9.68. The Hall–Kier alpha value is -2.05. The van der Waals surface area contributed by atoms with E-state index in [-0.39, 0.29) is 0 Å². The highest BCUT2D eigenvalue weighted by molar-refractivity contribution is 5.98. The summed E-state index contributed by atoms with van der Waals surface area (Å²) in [4.78, 5) is 22.6. The van der Waals surface area contributed by atoms with E-state index in [1.807, 2.05) is 0 Å². The lowest BCUT2D eigenvalue weighted by Crippen LogP contribution is -2.53. The maximum atomic E-state index is 12.9. The van der Waals surface area contributed by atoms with Gasteiger partial charge in [-0.2, -0.15) is 0 Å². The summed E-state index contributed by atoms with van der Waals surface area (Å²) in [5.41, 5.74) is 3.18. The highest BCUT2D eigenvalue weighted by atomic mass is 19.2. The monoisotopic (exact) mass is 260 g/mol. The Labute approximate surface area is 101 Å². The second kappa shape index (κ2) is 4.67. The maximum Gasteiger partial charge on any atom is 0.252 e. The van der Waals surface area contributed by atoms with Gasteiger partial charge in [-0.15, -0.1) is 0 Å². The SMILES string of the molecule is CC(C)(NC(=O)c1cc(F)c(F)c(F)c1)C(N)=O. The van der Waals surface area contributed by atoms with E-state index in [0.29, 0.717) is 12.1 Å². The van der Waals surface area contributed by atoms with Crippen LogP contribution >= 0.6 is 0 Å². The molecule has 2 amide bonds. The Morgan fingerprint density at radius 2 is 1.61 bits per heavy atom. The van der Waals surface area contributed by atoms with Crippen molar-refractivity contribution >= 4 is 11.8 Å². The van der Waals surface area contributed by atoms with Crippen molar-refractivity contribution in [2.45, 2.75) is 19.4 Å². The van der Waals surface area contributed by atoms with Crippen molar-refractivity contribution in [3.8, 4) is 0 Å². The molecule has 0 radical (unpaired) electrons. The molecular formula is C11H11F3N2O2. The van der Waals surface area contributed by atoms with Gasteiger partial charge in [-0.25, -0.2) is 13.2 Å². The fraction of sp³-hybridized carbons (Fsp3) is 0.273. The maximum absolute atomic E-state index is 12.9. The third-order valence-corrected chi connectivity index (χ3v) is 2.29. The second-order valence-electron chi connectivity index (χ2n) is 4.20. The molecule has 0 saturated carbocycles. The average molecular weight is 260 g/mol. The number of carbonyl (C=O) groups is 2. The molecule has 0 aliphatic carbocycles. The standard InChI is InChI=1S/C11H11F3N2O2/c1-11(2,10(15)18)16-9(17)5-3-6(12)8(14)7(13)4-5/h3-4H,1-2H3,(H2,15,18)(H,16,17). The summed E-state index contributed by atoms with van der Waals surface area (Å²) in [5, 5.41) is 2.18. The quantitative estimate of drug-likeness (QED) is 0.799. The molecule has 0 saturated heterocycles. The van der Waals surface area contributed by atoms with Crippen molar-refractivity contribution in [1.29, 1.82) is 0 Å². The molecule has 1 aromatic rings. The molecule has 0 atom stereocenters. The van der Waals surface area contributed by atoms with Crippen molar-refractivity contribution in [3.63, 3.8) is 0 Å². The smallest absolute Gasteiger partial charge is 0.252 e. The molecule has 0 spiro atoms. The number of amides is 2. The minimum Gasteiger partial charge on any atom is -0.368 e. The first kappa shape index (κ1) is 14.0. The van der Waals surface area contributed by atoms with Crippen LogP contribution in [0.2, 0.25) is 0 Å². The normalized spacial score (nSPS) is 11.2. The van der Waals surface area contributed by atoms with Crippen LogP contribution in [-0.2, 0) is 4.79 Å². The van der Waals surface area contributed by atoms with Gasteiger partial charge in [-0.05, 0) is 26.0 Å². The van der Waals surface area contributed by atoms with Gasteiger partial charge in [0.1, 0.15) is 5.54 Å². The molecule has 1 rings (SSSR count). The van der Waals surface area contributed by atoms with Gasteiger partial charge in [0.2, 0.25) is 5.91 Å². The first-order chi connectivity index (χ1) is 8.15. The fourth-order valence-corrected chi connectivity index (χ4v) is 1.10. The lowest BCUT2D eigenvalue weighted by Gasteiger charge is -2.22. The van der Waals surface area contributed by atoms with Crippen molar-refractivity contribution in [3.05, 3.63) is 35.1 Å². The van der Waals surface area contributed by atoms with Crippen LogP contribution in [0.5, 0.6) is 0 Å². The van der Waals surface area contributed by atoms with Crippen LogP contribution in [0.25, 0.3) is 0 Å². The van der Waals surface area contributed by atoms with Gasteiger partial charge < -0.3 is 11.1 Å². The Bertz CT molecular complexity index is 492. The number of carbonyl (C=O) groups excluding carboxylic acids is 2. The molecule has 1 aromatic carbocycles. The Balaban J connectivity index is 3.03. The summed E-state index contributed by atoms with van der Waals surface area (Å²) in [6.45, 7) is 2.65. The number of nitrogens with two attached hydrogens (primary N) is 1. The molecule has 0 unspecified atom stereocenters. The highest BCUT2D eigenvalue weighted by Crippen LogP contribution is 2.14. The van der Waals surface area contributed by atoms with Gasteiger partial charge in [0.15, 0.2) is 17.5 Å². The molecule has 98 valence electrons. The molecular weight excluding hydrogens is 249 g/mol. The molecule has 3 N–H and O–H groups in total. The molecule has 0 heterocycles. The van der Waals surface area contributed by atoms with E-state index in [1.165, 1.54) is 13.8 Å². The predicted octanol–water partition coefficient (Wildman–Crippen LogP) is 1.10. The van der Waals surface area contributed by atoms with Crippen LogP contribution in [0, 0.1) is 17.5 Å². The zero-order chi connectivity index (χ0) is 14.1. The number of benzene rings is 1. The van der Waals surface area contributed by atoms with Crippen LogP contribution in [0.15, 0.2) is 12.1 Å². The molecule has 0 bridgehead atoms. The van der Waals surface area contributed by atoms with Crippen LogP contribution < -0.4 is 11.1 Å². The van der Waals surface area contributed by atoms with Gasteiger partial charge in [0, 0.05) is 5.56 Å². The summed E-state index contributed by atoms with van der Waals surface area (Å²) in [5.74, 6) is -6.40. The van der Waals surface area contributed by atoms with Crippen LogP contribution in [-0.4, -0.2) is 17.4 Å². The minimum atomic E-state index is -1.67. The van der Waals surface area contributed by atoms with E-state index in [2.05, 4.69) is 5.32 Å². The first-order valence-electron chi connectivity index (χ1n) is 4.92. The Kier molecular flexibility index (Phi) is 3.64. The fourth-order valence-electron chi connectivity index (χ4n) is 1.10. The van der Waals surface area contributed by atoms with Crippen LogP contribution in [0.1, 0.15) is 24.2 Å². The topological polar surface area (TPSA) is 72.2 Å². The van der Waals surface area contributed by atoms with E-state index < -0.39 is 40.4 Å². The summed E-state index contributed by atoms with van der Waals surface area (Å²) >= 11 is 0. The largest absolute Gasteiger partial charge is 0.368 e. The van der Waals surface area contributed by atoms with E-state index in [4.69, 9.17) is 5.73 Å². The average Bonchev–Trinajstić information content (AvgIpc) is 2.24. The summed E-state index contributed by atoms with van der Waals surface area (Å²) < 4.78 is 38.5. The van der Waals surface area contributed by atoms with E-state index in [9.17, 15) is 22.8 Å². The summed E-state index contributed by atoms with van der Waals surface area (Å²) in [7, 11) is 0. The Morgan fingerprint density at radius 1 is 1.17 bits per heavy atom. The predicted molar refractivity (Wildman–Crippen MR) is 57.1 cm³/mol. The molecule has 7 heteroatoms.